The summed E-state index contributed by atoms with van der Waals surface area (Å²) in [6.45, 7) is 0.807. The lowest BCUT2D eigenvalue weighted by atomic mass is 10.1. The maximum atomic E-state index is 13.0. The van der Waals surface area contributed by atoms with Gasteiger partial charge in [-0.15, -0.1) is 0 Å². The third-order valence-electron chi connectivity index (χ3n) is 3.14. The van der Waals surface area contributed by atoms with Crippen LogP contribution in [0.4, 0.5) is 4.39 Å². The van der Waals surface area contributed by atoms with E-state index < -0.39 is 5.82 Å². The monoisotopic (exact) mass is 283 g/mol. The van der Waals surface area contributed by atoms with E-state index in [4.69, 9.17) is 14.6 Å². The number of ether oxygens (including phenoxy) is 2. The van der Waals surface area contributed by atoms with Gasteiger partial charge in [-0.3, -0.25) is 4.79 Å². The number of aliphatic hydroxyl groups is 1. The van der Waals surface area contributed by atoms with Gasteiger partial charge in [0.05, 0.1) is 6.61 Å². The van der Waals surface area contributed by atoms with E-state index in [9.17, 15) is 9.18 Å². The van der Waals surface area contributed by atoms with Crippen molar-refractivity contribution >= 4 is 5.91 Å². The quantitative estimate of drug-likeness (QED) is 0.845. The zero-order valence-corrected chi connectivity index (χ0v) is 11.1. The summed E-state index contributed by atoms with van der Waals surface area (Å²) in [6, 6.07) is 3.93. The van der Waals surface area contributed by atoms with E-state index in [2.05, 4.69) is 5.32 Å². The molecule has 0 saturated carbocycles. The van der Waals surface area contributed by atoms with Gasteiger partial charge >= 0.3 is 0 Å². The molecule has 110 valence electrons. The van der Waals surface area contributed by atoms with Crippen LogP contribution in [0.3, 0.4) is 0 Å². The number of halogens is 1. The predicted molar refractivity (Wildman–Crippen MR) is 69.8 cm³/mol. The first-order chi connectivity index (χ1) is 9.69. The maximum absolute atomic E-state index is 13.0. The highest BCUT2D eigenvalue weighted by Gasteiger charge is 2.16. The summed E-state index contributed by atoms with van der Waals surface area (Å²) in [5.41, 5.74) is 0.323. The fourth-order valence-electron chi connectivity index (χ4n) is 2.07. The molecule has 1 aromatic rings. The van der Waals surface area contributed by atoms with E-state index in [1.165, 1.54) is 18.2 Å². The summed E-state index contributed by atoms with van der Waals surface area (Å²) < 4.78 is 23.5. The maximum Gasteiger partial charge on any atom is 0.258 e. The highest BCUT2D eigenvalue weighted by Crippen LogP contribution is 2.19. The van der Waals surface area contributed by atoms with E-state index in [1.54, 1.807) is 0 Å². The summed E-state index contributed by atoms with van der Waals surface area (Å²) in [7, 11) is 0. The second-order valence-corrected chi connectivity index (χ2v) is 4.65. The first-order valence-corrected chi connectivity index (χ1v) is 6.58. The second-order valence-electron chi connectivity index (χ2n) is 4.65. The van der Waals surface area contributed by atoms with Crippen LogP contribution in [0.1, 0.15) is 18.4 Å². The minimum absolute atomic E-state index is 0.116. The van der Waals surface area contributed by atoms with E-state index in [-0.39, 0.29) is 25.2 Å². The number of aliphatic hydroxyl groups excluding tert-OH is 1. The molecule has 0 atom stereocenters. The molecule has 2 rings (SSSR count). The van der Waals surface area contributed by atoms with E-state index in [1.807, 2.05) is 0 Å². The highest BCUT2D eigenvalue weighted by atomic mass is 19.1. The molecule has 1 aliphatic rings. The van der Waals surface area contributed by atoms with Gasteiger partial charge in [-0.1, -0.05) is 0 Å². The third kappa shape index (κ3) is 4.18. The number of carbonyl (C=O) groups is 1. The molecule has 1 heterocycles. The Kier molecular flexibility index (Phi) is 5.31. The topological polar surface area (TPSA) is 67.8 Å². The summed E-state index contributed by atoms with van der Waals surface area (Å²) in [4.78, 5) is 11.7. The van der Waals surface area contributed by atoms with Crippen LogP contribution in [0.15, 0.2) is 18.2 Å². The molecule has 0 aliphatic carbocycles. The zero-order valence-electron chi connectivity index (χ0n) is 11.1. The Morgan fingerprint density at radius 1 is 1.45 bits per heavy atom. The van der Waals surface area contributed by atoms with Crippen molar-refractivity contribution in [3.05, 3.63) is 29.6 Å². The first-order valence-electron chi connectivity index (χ1n) is 6.58. The van der Waals surface area contributed by atoms with Gasteiger partial charge < -0.3 is 19.9 Å². The molecule has 6 heteroatoms. The van der Waals surface area contributed by atoms with Crippen molar-refractivity contribution in [2.75, 3.05) is 19.8 Å². The van der Waals surface area contributed by atoms with Crippen LogP contribution < -0.4 is 10.1 Å². The molecule has 0 aromatic heterocycles. The van der Waals surface area contributed by atoms with Gasteiger partial charge in [-0.2, -0.15) is 0 Å². The van der Waals surface area contributed by atoms with E-state index in [0.717, 1.165) is 12.8 Å². The molecule has 1 amide bonds. The standard InChI is InChI=1S/C14H18FNO4/c15-11-1-2-13(10(7-11)8-17)20-9-14(18)16-12-3-5-19-6-4-12/h1-2,7,12,17H,3-6,8-9H2,(H,16,18). The summed E-state index contributed by atoms with van der Waals surface area (Å²) >= 11 is 0. The largest absolute Gasteiger partial charge is 0.483 e. The SMILES string of the molecule is O=C(COc1ccc(F)cc1CO)NC1CCOCC1. The Bertz CT molecular complexity index is 460. The van der Waals surface area contributed by atoms with Crippen LogP contribution >= 0.6 is 0 Å². The van der Waals surface area contributed by atoms with Crippen LogP contribution in [0, 0.1) is 5.82 Å². The van der Waals surface area contributed by atoms with Crippen molar-refractivity contribution in [3.8, 4) is 5.75 Å². The third-order valence-corrected chi connectivity index (χ3v) is 3.14. The molecule has 0 bridgehead atoms. The van der Waals surface area contributed by atoms with Gasteiger partial charge in [0, 0.05) is 24.8 Å². The van der Waals surface area contributed by atoms with Gasteiger partial charge in [-0.25, -0.2) is 4.39 Å². The number of amides is 1. The molecule has 0 spiro atoms. The second kappa shape index (κ2) is 7.21. The Morgan fingerprint density at radius 2 is 2.20 bits per heavy atom. The van der Waals surface area contributed by atoms with Crippen molar-refractivity contribution in [2.24, 2.45) is 0 Å². The number of hydrogen-bond acceptors (Lipinski definition) is 4. The molecule has 20 heavy (non-hydrogen) atoms. The van der Waals surface area contributed by atoms with Crippen LogP contribution in [0.25, 0.3) is 0 Å². The summed E-state index contributed by atoms with van der Waals surface area (Å²) in [6.07, 6.45) is 1.59. The first kappa shape index (κ1) is 14.7. The molecular weight excluding hydrogens is 265 g/mol. The van der Waals surface area contributed by atoms with Gasteiger partial charge in [0.2, 0.25) is 0 Å². The molecule has 1 aromatic carbocycles. The zero-order chi connectivity index (χ0) is 14.4. The Labute approximate surface area is 116 Å². The lowest BCUT2D eigenvalue weighted by Crippen LogP contribution is -2.41. The van der Waals surface area contributed by atoms with Crippen LogP contribution in [0.2, 0.25) is 0 Å². The highest BCUT2D eigenvalue weighted by molar-refractivity contribution is 5.77. The fourth-order valence-corrected chi connectivity index (χ4v) is 2.07. The normalized spacial score (nSPS) is 15.9. The number of rotatable bonds is 5. The molecule has 0 unspecified atom stereocenters. The van der Waals surface area contributed by atoms with Crippen molar-refractivity contribution in [2.45, 2.75) is 25.5 Å². The summed E-state index contributed by atoms with van der Waals surface area (Å²) in [5.74, 6) is -0.366. The Balaban J connectivity index is 1.83. The van der Waals surface area contributed by atoms with Crippen LogP contribution in [-0.2, 0) is 16.1 Å². The van der Waals surface area contributed by atoms with Crippen molar-refractivity contribution in [3.63, 3.8) is 0 Å². The molecule has 0 radical (unpaired) electrons. The molecule has 5 nitrogen and oxygen atoms in total. The van der Waals surface area contributed by atoms with Crippen molar-refractivity contribution in [1.82, 2.24) is 5.32 Å². The van der Waals surface area contributed by atoms with Crippen LogP contribution in [0.5, 0.6) is 5.75 Å². The average Bonchev–Trinajstić information content (AvgIpc) is 2.47. The fraction of sp³-hybridized carbons (Fsp3) is 0.500. The number of benzene rings is 1. The Morgan fingerprint density at radius 3 is 2.90 bits per heavy atom. The number of hydrogen-bond donors (Lipinski definition) is 2. The average molecular weight is 283 g/mol. The molecule has 1 fully saturated rings. The molecule has 1 saturated heterocycles. The minimum Gasteiger partial charge on any atom is -0.483 e. The minimum atomic E-state index is -0.451. The summed E-state index contributed by atoms with van der Waals surface area (Å²) in [5, 5.41) is 12.0. The van der Waals surface area contributed by atoms with Crippen molar-refractivity contribution in [1.29, 1.82) is 0 Å². The van der Waals surface area contributed by atoms with Gasteiger partial charge in [-0.05, 0) is 31.0 Å². The predicted octanol–water partition coefficient (Wildman–Crippen LogP) is 0.992. The van der Waals surface area contributed by atoms with Crippen molar-refractivity contribution < 1.29 is 23.8 Å². The Hall–Kier alpha value is -1.66. The molecular formula is C14H18FNO4. The van der Waals surface area contributed by atoms with E-state index >= 15 is 0 Å². The molecule has 2 N–H and O–H groups in total. The number of nitrogens with one attached hydrogen (secondary N) is 1. The molecule has 1 aliphatic heterocycles. The smallest absolute Gasteiger partial charge is 0.258 e. The van der Waals surface area contributed by atoms with Gasteiger partial charge in [0.25, 0.3) is 5.91 Å². The number of carbonyl (C=O) groups excluding carboxylic acids is 1. The lowest BCUT2D eigenvalue weighted by molar-refractivity contribution is -0.124. The van der Waals surface area contributed by atoms with E-state index in [0.29, 0.717) is 24.5 Å². The lowest BCUT2D eigenvalue weighted by Gasteiger charge is -2.23. The van der Waals surface area contributed by atoms with Gasteiger partial charge in [0.1, 0.15) is 11.6 Å². The van der Waals surface area contributed by atoms with Gasteiger partial charge in [0.15, 0.2) is 6.61 Å². The van der Waals surface area contributed by atoms with Crippen LogP contribution in [-0.4, -0.2) is 36.9 Å².